The van der Waals surface area contributed by atoms with E-state index >= 15 is 0 Å². The van der Waals surface area contributed by atoms with Crippen molar-refractivity contribution in [3.8, 4) is 11.4 Å². The first-order chi connectivity index (χ1) is 7.75. The van der Waals surface area contributed by atoms with Crippen LogP contribution in [0.3, 0.4) is 0 Å². The fourth-order valence-electron chi connectivity index (χ4n) is 2.46. The quantitative estimate of drug-likeness (QED) is 0.769. The van der Waals surface area contributed by atoms with Gasteiger partial charge in [-0.15, -0.1) is 0 Å². The van der Waals surface area contributed by atoms with E-state index in [9.17, 15) is 0 Å². The summed E-state index contributed by atoms with van der Waals surface area (Å²) in [6.45, 7) is 4.28. The van der Waals surface area contributed by atoms with E-state index in [0.29, 0.717) is 5.92 Å². The molecule has 0 aromatic carbocycles. The van der Waals surface area contributed by atoms with E-state index < -0.39 is 0 Å². The Labute approximate surface area is 94.5 Å². The number of nitrogens with zero attached hydrogens (tertiary/aromatic N) is 2. The highest BCUT2D eigenvalue weighted by Crippen LogP contribution is 2.31. The fourth-order valence-corrected chi connectivity index (χ4v) is 2.46. The molecular formula is C12H16N4. The molecule has 16 heavy (non-hydrogen) atoms. The normalized spacial score (nSPS) is 19.8. The van der Waals surface area contributed by atoms with Crippen LogP contribution < -0.4 is 0 Å². The Balaban J connectivity index is 2.08. The van der Waals surface area contributed by atoms with Gasteiger partial charge in [-0.25, -0.2) is 4.98 Å². The number of fused-ring (bicyclic) bond motifs is 1. The molecule has 0 bridgehead atoms. The Morgan fingerprint density at radius 1 is 1.44 bits per heavy atom. The highest BCUT2D eigenvalue weighted by atomic mass is 15.1. The first-order valence-electron chi connectivity index (χ1n) is 5.85. The highest BCUT2D eigenvalue weighted by Gasteiger charge is 2.21. The van der Waals surface area contributed by atoms with Crippen molar-refractivity contribution in [2.75, 3.05) is 0 Å². The molecule has 2 aromatic rings. The van der Waals surface area contributed by atoms with Crippen LogP contribution in [0, 0.1) is 6.92 Å². The van der Waals surface area contributed by atoms with E-state index in [2.05, 4.69) is 22.1 Å². The summed E-state index contributed by atoms with van der Waals surface area (Å²) in [5, 5.41) is 6.99. The molecule has 1 unspecified atom stereocenters. The second-order valence-electron chi connectivity index (χ2n) is 4.65. The van der Waals surface area contributed by atoms with E-state index in [4.69, 9.17) is 4.98 Å². The van der Waals surface area contributed by atoms with Crippen LogP contribution in [0.15, 0.2) is 6.20 Å². The van der Waals surface area contributed by atoms with Crippen molar-refractivity contribution in [3.05, 3.63) is 23.3 Å². The summed E-state index contributed by atoms with van der Waals surface area (Å²) >= 11 is 0. The van der Waals surface area contributed by atoms with Crippen molar-refractivity contribution in [2.24, 2.45) is 0 Å². The summed E-state index contributed by atoms with van der Waals surface area (Å²) in [6.07, 6.45) is 5.48. The predicted molar refractivity (Wildman–Crippen MR) is 62.3 cm³/mol. The Morgan fingerprint density at radius 2 is 2.31 bits per heavy atom. The molecule has 3 rings (SSSR count). The summed E-state index contributed by atoms with van der Waals surface area (Å²) in [5.41, 5.74) is 4.72. The van der Waals surface area contributed by atoms with Gasteiger partial charge < -0.3 is 4.98 Å². The Kier molecular flexibility index (Phi) is 2.09. The number of aryl methyl sites for hydroxylation is 2. The van der Waals surface area contributed by atoms with Crippen LogP contribution in [0.2, 0.25) is 0 Å². The van der Waals surface area contributed by atoms with E-state index in [-0.39, 0.29) is 0 Å². The molecule has 0 spiro atoms. The summed E-state index contributed by atoms with van der Waals surface area (Å²) < 4.78 is 0. The van der Waals surface area contributed by atoms with Gasteiger partial charge in [0.25, 0.3) is 0 Å². The van der Waals surface area contributed by atoms with Crippen LogP contribution in [0.4, 0.5) is 0 Å². The minimum atomic E-state index is 0.584. The molecule has 0 saturated heterocycles. The summed E-state index contributed by atoms with van der Waals surface area (Å²) in [7, 11) is 0. The van der Waals surface area contributed by atoms with Gasteiger partial charge in [-0.05, 0) is 26.2 Å². The number of hydrogen-bond acceptors (Lipinski definition) is 2. The minimum Gasteiger partial charge on any atom is -0.342 e. The van der Waals surface area contributed by atoms with Crippen molar-refractivity contribution in [1.29, 1.82) is 0 Å². The molecule has 1 atom stereocenters. The molecule has 2 aromatic heterocycles. The van der Waals surface area contributed by atoms with Crippen molar-refractivity contribution >= 4 is 0 Å². The van der Waals surface area contributed by atoms with Gasteiger partial charge in [0.15, 0.2) is 0 Å². The molecule has 0 saturated carbocycles. The summed E-state index contributed by atoms with van der Waals surface area (Å²) in [5.74, 6) is 1.55. The molecule has 0 amide bonds. The lowest BCUT2D eigenvalue weighted by molar-refractivity contribution is 0.574. The number of nitrogens with one attached hydrogen (secondary N) is 2. The lowest BCUT2D eigenvalue weighted by Gasteiger charge is -2.15. The van der Waals surface area contributed by atoms with Crippen LogP contribution in [-0.4, -0.2) is 20.2 Å². The van der Waals surface area contributed by atoms with Crippen LogP contribution in [0.1, 0.15) is 42.8 Å². The number of imidazole rings is 1. The predicted octanol–water partition coefficient (Wildman–Crippen LogP) is 2.55. The monoisotopic (exact) mass is 216 g/mol. The molecule has 1 aliphatic carbocycles. The Bertz CT molecular complexity index is 509. The molecule has 0 aliphatic heterocycles. The first kappa shape index (κ1) is 9.63. The summed E-state index contributed by atoms with van der Waals surface area (Å²) in [4.78, 5) is 8.16. The standard InChI is InChI=1S/C12H16N4/c1-7-4-3-5-10-11(7)15-12(14-10)9-6-13-16-8(9)2/h6-7H,3-5H2,1-2H3,(H,13,16)(H,14,15). The molecule has 0 radical (unpaired) electrons. The van der Waals surface area contributed by atoms with Gasteiger partial charge in [0.1, 0.15) is 5.82 Å². The summed E-state index contributed by atoms with van der Waals surface area (Å²) in [6, 6.07) is 0. The van der Waals surface area contributed by atoms with Crippen molar-refractivity contribution < 1.29 is 0 Å². The zero-order chi connectivity index (χ0) is 11.1. The largest absolute Gasteiger partial charge is 0.342 e. The second-order valence-corrected chi connectivity index (χ2v) is 4.65. The molecule has 2 N–H and O–H groups in total. The van der Waals surface area contributed by atoms with Crippen molar-refractivity contribution in [1.82, 2.24) is 20.2 Å². The van der Waals surface area contributed by atoms with Gasteiger partial charge in [-0.2, -0.15) is 5.10 Å². The number of hydrogen-bond donors (Lipinski definition) is 2. The molecule has 2 heterocycles. The lowest BCUT2D eigenvalue weighted by Crippen LogP contribution is -2.05. The number of rotatable bonds is 1. The number of aromatic nitrogens is 4. The van der Waals surface area contributed by atoms with Crippen molar-refractivity contribution in [2.45, 2.75) is 39.0 Å². The van der Waals surface area contributed by atoms with Crippen LogP contribution in [-0.2, 0) is 6.42 Å². The van der Waals surface area contributed by atoms with E-state index in [1.54, 1.807) is 0 Å². The smallest absolute Gasteiger partial charge is 0.141 e. The molecule has 4 nitrogen and oxygen atoms in total. The second kappa shape index (κ2) is 3.47. The van der Waals surface area contributed by atoms with Crippen LogP contribution in [0.25, 0.3) is 11.4 Å². The fraction of sp³-hybridized carbons (Fsp3) is 0.500. The van der Waals surface area contributed by atoms with E-state index in [1.165, 1.54) is 24.2 Å². The van der Waals surface area contributed by atoms with Gasteiger partial charge in [0, 0.05) is 17.3 Å². The van der Waals surface area contributed by atoms with Gasteiger partial charge in [0.2, 0.25) is 0 Å². The lowest BCUT2D eigenvalue weighted by atomic mass is 9.92. The molecule has 1 aliphatic rings. The van der Waals surface area contributed by atoms with Gasteiger partial charge in [-0.1, -0.05) is 6.92 Å². The third-order valence-corrected chi connectivity index (χ3v) is 3.43. The molecular weight excluding hydrogens is 200 g/mol. The van der Waals surface area contributed by atoms with Gasteiger partial charge >= 0.3 is 0 Å². The average Bonchev–Trinajstić information content (AvgIpc) is 2.84. The SMILES string of the molecule is Cc1[nH]ncc1-c1nc2c([nH]1)CCCC2C. The maximum Gasteiger partial charge on any atom is 0.141 e. The third kappa shape index (κ3) is 1.37. The van der Waals surface area contributed by atoms with Crippen LogP contribution >= 0.6 is 0 Å². The van der Waals surface area contributed by atoms with Gasteiger partial charge in [-0.3, -0.25) is 5.10 Å². The Hall–Kier alpha value is -1.58. The highest BCUT2D eigenvalue weighted by molar-refractivity contribution is 5.57. The van der Waals surface area contributed by atoms with Crippen LogP contribution in [0.5, 0.6) is 0 Å². The maximum atomic E-state index is 4.72. The van der Waals surface area contributed by atoms with Gasteiger partial charge in [0.05, 0.1) is 17.5 Å². The topological polar surface area (TPSA) is 57.4 Å². The maximum absolute atomic E-state index is 4.72. The minimum absolute atomic E-state index is 0.584. The third-order valence-electron chi connectivity index (χ3n) is 3.43. The van der Waals surface area contributed by atoms with E-state index in [0.717, 1.165) is 23.5 Å². The zero-order valence-corrected chi connectivity index (χ0v) is 9.67. The van der Waals surface area contributed by atoms with Crippen molar-refractivity contribution in [3.63, 3.8) is 0 Å². The van der Waals surface area contributed by atoms with E-state index in [1.807, 2.05) is 13.1 Å². The number of aromatic amines is 2. The Morgan fingerprint density at radius 3 is 3.00 bits per heavy atom. The molecule has 0 fully saturated rings. The average molecular weight is 216 g/mol. The zero-order valence-electron chi connectivity index (χ0n) is 9.67. The first-order valence-corrected chi connectivity index (χ1v) is 5.85. The molecule has 84 valence electrons. The molecule has 4 heteroatoms. The number of H-pyrrole nitrogens is 2.